The lowest BCUT2D eigenvalue weighted by molar-refractivity contribution is 0.588. The first-order valence-corrected chi connectivity index (χ1v) is 9.96. The number of fused-ring (bicyclic) bond motifs is 1. The highest BCUT2D eigenvalue weighted by Crippen LogP contribution is 2.20. The number of hydrogen-bond acceptors (Lipinski definition) is 5. The van der Waals surface area contributed by atoms with Crippen LogP contribution >= 0.6 is 0 Å². The van der Waals surface area contributed by atoms with Crippen LogP contribution in [0.1, 0.15) is 0 Å². The maximum absolute atomic E-state index is 12.4. The molecule has 0 bridgehead atoms. The van der Waals surface area contributed by atoms with E-state index >= 15 is 0 Å². The van der Waals surface area contributed by atoms with Crippen molar-refractivity contribution in [2.75, 3.05) is 11.8 Å². The molecule has 3 rings (SSSR count). The molecule has 132 valence electrons. The summed E-state index contributed by atoms with van der Waals surface area (Å²) in [4.78, 5) is 16.2. The molecule has 0 saturated carbocycles. The highest BCUT2D eigenvalue weighted by atomic mass is 32.2. The third-order valence-corrected chi connectivity index (χ3v) is 6.29. The molecular formula is C14H14N4O5S2. The van der Waals surface area contributed by atoms with Crippen molar-refractivity contribution in [2.45, 2.75) is 9.79 Å². The zero-order chi connectivity index (χ0) is 18.2. The fraction of sp³-hybridized carbons (Fsp3) is 0.0714. The van der Waals surface area contributed by atoms with E-state index in [0.29, 0.717) is 11.0 Å². The lowest BCUT2D eigenvalue weighted by Crippen LogP contribution is -2.18. The summed E-state index contributed by atoms with van der Waals surface area (Å²) in [6, 6.07) is 9.43. The van der Waals surface area contributed by atoms with Crippen molar-refractivity contribution in [3.05, 3.63) is 52.9 Å². The van der Waals surface area contributed by atoms with Gasteiger partial charge in [-0.1, -0.05) is 0 Å². The summed E-state index contributed by atoms with van der Waals surface area (Å²) in [5, 5.41) is 0. The zero-order valence-electron chi connectivity index (χ0n) is 12.9. The molecule has 0 aliphatic heterocycles. The van der Waals surface area contributed by atoms with Crippen LogP contribution in [0.5, 0.6) is 0 Å². The molecule has 25 heavy (non-hydrogen) atoms. The number of sulfonamides is 2. The van der Waals surface area contributed by atoms with E-state index in [4.69, 9.17) is 0 Å². The largest absolute Gasteiger partial charge is 0.323 e. The van der Waals surface area contributed by atoms with Crippen molar-refractivity contribution < 1.29 is 16.8 Å². The van der Waals surface area contributed by atoms with E-state index in [1.807, 2.05) is 0 Å². The second-order valence-electron chi connectivity index (χ2n) is 5.12. The smallest absolute Gasteiger partial charge is 0.306 e. The normalized spacial score (nSPS) is 12.4. The van der Waals surface area contributed by atoms with E-state index in [9.17, 15) is 21.6 Å². The van der Waals surface area contributed by atoms with Gasteiger partial charge in [0, 0.05) is 5.69 Å². The van der Waals surface area contributed by atoms with Crippen molar-refractivity contribution in [1.29, 1.82) is 0 Å². The Morgan fingerprint density at radius 3 is 2.04 bits per heavy atom. The number of rotatable bonds is 5. The van der Waals surface area contributed by atoms with Crippen LogP contribution in [0.3, 0.4) is 0 Å². The Balaban J connectivity index is 1.91. The first kappa shape index (κ1) is 17.2. The summed E-state index contributed by atoms with van der Waals surface area (Å²) in [7, 11) is -6.21. The quantitative estimate of drug-likeness (QED) is 0.510. The van der Waals surface area contributed by atoms with Crippen LogP contribution < -0.4 is 15.1 Å². The molecule has 0 saturated heterocycles. The van der Waals surface area contributed by atoms with Crippen LogP contribution in [0.25, 0.3) is 11.0 Å². The Morgan fingerprint density at radius 2 is 1.40 bits per heavy atom. The molecule has 0 unspecified atom stereocenters. The van der Waals surface area contributed by atoms with Crippen LogP contribution in [0.2, 0.25) is 0 Å². The van der Waals surface area contributed by atoms with Crippen molar-refractivity contribution in [3.63, 3.8) is 0 Å². The Kier molecular flexibility index (Phi) is 4.14. The number of aromatic amines is 2. The van der Waals surface area contributed by atoms with E-state index < -0.39 is 25.7 Å². The predicted molar refractivity (Wildman–Crippen MR) is 92.4 cm³/mol. The molecule has 4 N–H and O–H groups in total. The van der Waals surface area contributed by atoms with Crippen LogP contribution in [-0.4, -0.2) is 33.9 Å². The summed E-state index contributed by atoms with van der Waals surface area (Å²) >= 11 is 0. The van der Waals surface area contributed by atoms with E-state index in [2.05, 4.69) is 19.4 Å². The Hall–Kier alpha value is -2.63. The molecule has 1 heterocycles. The molecule has 11 heteroatoms. The first-order chi connectivity index (χ1) is 11.7. The average Bonchev–Trinajstić information content (AvgIpc) is 2.94. The molecule has 0 aliphatic carbocycles. The van der Waals surface area contributed by atoms with Crippen molar-refractivity contribution in [2.24, 2.45) is 0 Å². The fourth-order valence-corrected chi connectivity index (χ4v) is 4.03. The van der Waals surface area contributed by atoms with E-state index in [-0.39, 0.29) is 15.5 Å². The minimum atomic E-state index is -3.90. The van der Waals surface area contributed by atoms with Crippen molar-refractivity contribution >= 4 is 36.8 Å². The van der Waals surface area contributed by atoms with Crippen molar-refractivity contribution in [1.82, 2.24) is 14.7 Å². The maximum Gasteiger partial charge on any atom is 0.323 e. The van der Waals surface area contributed by atoms with Crippen molar-refractivity contribution in [3.8, 4) is 0 Å². The second kappa shape index (κ2) is 6.02. The third-order valence-electron chi connectivity index (χ3n) is 3.48. The molecule has 9 nitrogen and oxygen atoms in total. The van der Waals surface area contributed by atoms with Gasteiger partial charge in [-0.15, -0.1) is 0 Å². The van der Waals surface area contributed by atoms with Gasteiger partial charge < -0.3 is 9.97 Å². The Bertz CT molecular complexity index is 1190. The number of aromatic nitrogens is 2. The van der Waals surface area contributed by atoms with Gasteiger partial charge in [-0.05, 0) is 49.5 Å². The molecular weight excluding hydrogens is 368 g/mol. The molecule has 0 fully saturated rings. The number of anilines is 1. The Morgan fingerprint density at radius 1 is 0.800 bits per heavy atom. The summed E-state index contributed by atoms with van der Waals surface area (Å²) in [6.07, 6.45) is 0. The van der Waals surface area contributed by atoms with Crippen LogP contribution in [0.4, 0.5) is 5.69 Å². The van der Waals surface area contributed by atoms with Gasteiger partial charge in [-0.3, -0.25) is 4.72 Å². The summed E-state index contributed by atoms with van der Waals surface area (Å²) in [5.74, 6) is 0. The van der Waals surface area contributed by atoms with Gasteiger partial charge in [-0.25, -0.2) is 26.4 Å². The topological polar surface area (TPSA) is 141 Å². The van der Waals surface area contributed by atoms with Gasteiger partial charge in [-0.2, -0.15) is 0 Å². The van der Waals surface area contributed by atoms with Gasteiger partial charge in [0.25, 0.3) is 10.0 Å². The minimum Gasteiger partial charge on any atom is -0.306 e. The number of benzene rings is 2. The lowest BCUT2D eigenvalue weighted by atomic mass is 10.3. The summed E-state index contributed by atoms with van der Waals surface area (Å²) in [6.45, 7) is 0. The van der Waals surface area contributed by atoms with Crippen LogP contribution in [0, 0.1) is 0 Å². The lowest BCUT2D eigenvalue weighted by Gasteiger charge is -2.09. The Labute approximate surface area is 143 Å². The van der Waals surface area contributed by atoms with Gasteiger partial charge in [0.05, 0.1) is 20.8 Å². The molecule has 0 spiro atoms. The second-order valence-corrected chi connectivity index (χ2v) is 8.69. The fourth-order valence-electron chi connectivity index (χ4n) is 2.21. The molecule has 0 amide bonds. The zero-order valence-corrected chi connectivity index (χ0v) is 14.5. The van der Waals surface area contributed by atoms with Gasteiger partial charge in [0.1, 0.15) is 0 Å². The summed E-state index contributed by atoms with van der Waals surface area (Å²) in [5.41, 5.74) is 0.630. The average molecular weight is 382 g/mol. The van der Waals surface area contributed by atoms with E-state index in [1.54, 1.807) is 0 Å². The van der Waals surface area contributed by atoms with E-state index in [1.165, 1.54) is 49.5 Å². The highest BCUT2D eigenvalue weighted by molar-refractivity contribution is 7.92. The molecule has 1 aromatic heterocycles. The highest BCUT2D eigenvalue weighted by Gasteiger charge is 2.16. The van der Waals surface area contributed by atoms with Gasteiger partial charge >= 0.3 is 5.69 Å². The molecule has 2 aromatic carbocycles. The predicted octanol–water partition coefficient (Wildman–Crippen LogP) is 0.565. The molecule has 0 atom stereocenters. The maximum atomic E-state index is 12.4. The molecule has 3 aromatic rings. The van der Waals surface area contributed by atoms with Crippen LogP contribution in [0.15, 0.2) is 57.1 Å². The standard InChI is InChI=1S/C14H14N4O5S2/c1-15-24(20,21)10-4-2-9(3-5-10)18-25(22,23)11-6-7-12-13(8-11)17-14(19)16-12/h2-8,15,18H,1H3,(H2,16,17,19). The summed E-state index contributed by atoms with van der Waals surface area (Å²) < 4.78 is 52.7. The number of H-pyrrole nitrogens is 2. The third kappa shape index (κ3) is 3.43. The van der Waals surface area contributed by atoms with Gasteiger partial charge in [0.15, 0.2) is 0 Å². The number of imidazole rings is 1. The van der Waals surface area contributed by atoms with E-state index in [0.717, 1.165) is 0 Å². The minimum absolute atomic E-state index is 0.0178. The monoisotopic (exact) mass is 382 g/mol. The molecule has 0 aliphatic rings. The number of hydrogen-bond donors (Lipinski definition) is 4. The number of nitrogens with one attached hydrogen (secondary N) is 4. The SMILES string of the molecule is CNS(=O)(=O)c1ccc(NS(=O)(=O)c2ccc3[nH]c(=O)[nH]c3c2)cc1. The molecule has 0 radical (unpaired) electrons. The van der Waals surface area contributed by atoms with Gasteiger partial charge in [0.2, 0.25) is 10.0 Å². The first-order valence-electron chi connectivity index (χ1n) is 7.00. The van der Waals surface area contributed by atoms with Crippen LogP contribution in [-0.2, 0) is 20.0 Å².